The average Bonchev–Trinajstić information content (AvgIpc) is 2.57. The summed E-state index contributed by atoms with van der Waals surface area (Å²) in [4.78, 5) is 23.8. The van der Waals surface area contributed by atoms with E-state index in [1.807, 2.05) is 44.2 Å². The van der Waals surface area contributed by atoms with E-state index in [0.29, 0.717) is 17.8 Å². The summed E-state index contributed by atoms with van der Waals surface area (Å²) in [6.07, 6.45) is 0.481. The van der Waals surface area contributed by atoms with Crippen molar-refractivity contribution in [2.24, 2.45) is 11.7 Å². The summed E-state index contributed by atoms with van der Waals surface area (Å²) in [5.41, 5.74) is 8.32. The smallest absolute Gasteiger partial charge is 0.241 e. The highest BCUT2D eigenvalue weighted by Gasteiger charge is 2.14. The van der Waals surface area contributed by atoms with Crippen molar-refractivity contribution in [3.05, 3.63) is 60.2 Å². The molecule has 1 unspecified atom stereocenters. The maximum Gasteiger partial charge on any atom is 0.241 e. The van der Waals surface area contributed by atoms with Crippen LogP contribution in [-0.4, -0.2) is 17.9 Å². The lowest BCUT2D eigenvalue weighted by Crippen LogP contribution is -2.37. The van der Waals surface area contributed by atoms with Gasteiger partial charge in [0.15, 0.2) is 0 Å². The van der Waals surface area contributed by atoms with Crippen LogP contribution in [0.25, 0.3) is 0 Å². The van der Waals surface area contributed by atoms with Crippen molar-refractivity contribution < 1.29 is 9.59 Å². The van der Waals surface area contributed by atoms with E-state index >= 15 is 0 Å². The van der Waals surface area contributed by atoms with Crippen LogP contribution in [0.15, 0.2) is 54.6 Å². The van der Waals surface area contributed by atoms with Crippen molar-refractivity contribution in [3.8, 4) is 0 Å². The van der Waals surface area contributed by atoms with Gasteiger partial charge in [0.25, 0.3) is 0 Å². The van der Waals surface area contributed by atoms with Crippen LogP contribution in [0.5, 0.6) is 0 Å². The van der Waals surface area contributed by atoms with Gasteiger partial charge in [-0.15, -0.1) is 0 Å². The lowest BCUT2D eigenvalue weighted by Gasteiger charge is -2.13. The molecule has 2 aromatic rings. The molecule has 2 amide bonds. The van der Waals surface area contributed by atoms with Gasteiger partial charge in [0, 0.05) is 17.3 Å². The topological polar surface area (TPSA) is 84.2 Å². The number of amides is 2. The molecule has 1 atom stereocenters. The number of hydrogen-bond donors (Lipinski definition) is 3. The fraction of sp³-hybridized carbons (Fsp3) is 0.263. The first kappa shape index (κ1) is 17.7. The highest BCUT2D eigenvalue weighted by molar-refractivity contribution is 5.95. The SMILES string of the molecule is CC(C)C(=O)Nc1ccc(NC(=O)C(N)Cc2ccccc2)cc1. The second-order valence-electron chi connectivity index (χ2n) is 6.01. The number of anilines is 2. The van der Waals surface area contributed by atoms with Gasteiger partial charge in [0.05, 0.1) is 6.04 Å². The van der Waals surface area contributed by atoms with Gasteiger partial charge in [-0.2, -0.15) is 0 Å². The van der Waals surface area contributed by atoms with Crippen LogP contribution in [0.1, 0.15) is 19.4 Å². The van der Waals surface area contributed by atoms with Crippen molar-refractivity contribution >= 4 is 23.2 Å². The second-order valence-corrected chi connectivity index (χ2v) is 6.01. The second kappa shape index (κ2) is 8.26. The number of carbonyl (C=O) groups excluding carboxylic acids is 2. The summed E-state index contributed by atoms with van der Waals surface area (Å²) in [6, 6.07) is 16.0. The van der Waals surface area contributed by atoms with Crippen LogP contribution >= 0.6 is 0 Å². The molecule has 2 aromatic carbocycles. The molecule has 0 bridgehead atoms. The monoisotopic (exact) mass is 325 g/mol. The van der Waals surface area contributed by atoms with Crippen molar-refractivity contribution in [2.45, 2.75) is 26.3 Å². The molecule has 5 heteroatoms. The van der Waals surface area contributed by atoms with Gasteiger partial charge in [0.1, 0.15) is 0 Å². The normalized spacial score (nSPS) is 11.8. The predicted octanol–water partition coefficient (Wildman–Crippen LogP) is 2.79. The van der Waals surface area contributed by atoms with Crippen LogP contribution in [0.3, 0.4) is 0 Å². The Bertz CT molecular complexity index is 682. The van der Waals surface area contributed by atoms with Crippen molar-refractivity contribution in [1.29, 1.82) is 0 Å². The lowest BCUT2D eigenvalue weighted by molar-refractivity contribution is -0.119. The largest absolute Gasteiger partial charge is 0.326 e. The molecule has 0 spiro atoms. The summed E-state index contributed by atoms with van der Waals surface area (Å²) in [6.45, 7) is 3.66. The molecule has 0 fully saturated rings. The van der Waals surface area contributed by atoms with Gasteiger partial charge in [-0.3, -0.25) is 9.59 Å². The highest BCUT2D eigenvalue weighted by atomic mass is 16.2. The number of benzene rings is 2. The molecule has 4 N–H and O–H groups in total. The molecule has 126 valence electrons. The number of nitrogens with one attached hydrogen (secondary N) is 2. The van der Waals surface area contributed by atoms with E-state index in [1.54, 1.807) is 24.3 Å². The van der Waals surface area contributed by atoms with Crippen molar-refractivity contribution in [3.63, 3.8) is 0 Å². The first-order valence-corrected chi connectivity index (χ1v) is 7.97. The summed E-state index contributed by atoms with van der Waals surface area (Å²) in [7, 11) is 0. The van der Waals surface area contributed by atoms with Crippen LogP contribution in [0, 0.1) is 5.92 Å². The molecule has 0 aliphatic rings. The molecule has 0 aliphatic heterocycles. The quantitative estimate of drug-likeness (QED) is 0.763. The molecule has 24 heavy (non-hydrogen) atoms. The average molecular weight is 325 g/mol. The third kappa shape index (κ3) is 5.21. The van der Waals surface area contributed by atoms with Crippen molar-refractivity contribution in [2.75, 3.05) is 10.6 Å². The van der Waals surface area contributed by atoms with Crippen LogP contribution < -0.4 is 16.4 Å². The molecular formula is C19H23N3O2. The minimum atomic E-state index is -0.618. The van der Waals surface area contributed by atoms with E-state index in [0.717, 1.165) is 5.56 Å². The van der Waals surface area contributed by atoms with Gasteiger partial charge in [-0.05, 0) is 36.2 Å². The van der Waals surface area contributed by atoms with Crippen molar-refractivity contribution in [1.82, 2.24) is 0 Å². The third-order valence-corrected chi connectivity index (χ3v) is 3.58. The van der Waals surface area contributed by atoms with E-state index in [2.05, 4.69) is 10.6 Å². The molecular weight excluding hydrogens is 302 g/mol. The van der Waals surface area contributed by atoms with Gasteiger partial charge < -0.3 is 16.4 Å². The minimum absolute atomic E-state index is 0.0448. The first-order chi connectivity index (χ1) is 11.5. The molecule has 0 saturated carbocycles. The van der Waals surface area contributed by atoms with Gasteiger partial charge in [0.2, 0.25) is 11.8 Å². The Morgan fingerprint density at radius 2 is 1.38 bits per heavy atom. The zero-order valence-corrected chi connectivity index (χ0v) is 14.0. The Hall–Kier alpha value is -2.66. The molecule has 0 aromatic heterocycles. The molecule has 0 heterocycles. The Labute approximate surface area is 142 Å². The van der Waals surface area contributed by atoms with Gasteiger partial charge in [-0.25, -0.2) is 0 Å². The maximum atomic E-state index is 12.2. The fourth-order valence-electron chi connectivity index (χ4n) is 2.12. The standard InChI is InChI=1S/C19H23N3O2/c1-13(2)18(23)21-15-8-10-16(11-9-15)22-19(24)17(20)12-14-6-4-3-5-7-14/h3-11,13,17H,12,20H2,1-2H3,(H,21,23)(H,22,24). The molecule has 5 nitrogen and oxygen atoms in total. The Morgan fingerprint density at radius 3 is 1.88 bits per heavy atom. The van der Waals surface area contributed by atoms with Gasteiger partial charge >= 0.3 is 0 Å². The van der Waals surface area contributed by atoms with Crippen LogP contribution in [0.4, 0.5) is 11.4 Å². The number of hydrogen-bond acceptors (Lipinski definition) is 3. The van der Waals surface area contributed by atoms with Gasteiger partial charge in [-0.1, -0.05) is 44.2 Å². The zero-order chi connectivity index (χ0) is 17.5. The first-order valence-electron chi connectivity index (χ1n) is 7.97. The Kier molecular flexibility index (Phi) is 6.09. The van der Waals surface area contributed by atoms with Crippen LogP contribution in [0.2, 0.25) is 0 Å². The molecule has 2 rings (SSSR count). The minimum Gasteiger partial charge on any atom is -0.326 e. The lowest BCUT2D eigenvalue weighted by atomic mass is 10.1. The zero-order valence-electron chi connectivity index (χ0n) is 14.0. The third-order valence-electron chi connectivity index (χ3n) is 3.58. The molecule has 0 aliphatic carbocycles. The summed E-state index contributed by atoms with van der Waals surface area (Å²) in [5.74, 6) is -0.366. The predicted molar refractivity (Wildman–Crippen MR) is 96.7 cm³/mol. The van der Waals surface area contributed by atoms with E-state index in [9.17, 15) is 9.59 Å². The van der Waals surface area contributed by atoms with E-state index < -0.39 is 6.04 Å². The Balaban J connectivity index is 1.90. The van der Waals surface area contributed by atoms with E-state index in [4.69, 9.17) is 5.73 Å². The number of rotatable bonds is 6. The van der Waals surface area contributed by atoms with E-state index in [1.165, 1.54) is 0 Å². The summed E-state index contributed by atoms with van der Waals surface area (Å²) >= 11 is 0. The number of nitrogens with two attached hydrogens (primary N) is 1. The molecule has 0 radical (unpaired) electrons. The maximum absolute atomic E-state index is 12.2. The fourth-order valence-corrected chi connectivity index (χ4v) is 2.12. The Morgan fingerprint density at radius 1 is 0.875 bits per heavy atom. The summed E-state index contributed by atoms with van der Waals surface area (Å²) in [5, 5.41) is 5.59. The summed E-state index contributed by atoms with van der Waals surface area (Å²) < 4.78 is 0. The van der Waals surface area contributed by atoms with E-state index in [-0.39, 0.29) is 17.7 Å². The number of carbonyl (C=O) groups is 2. The molecule has 0 saturated heterocycles. The van der Waals surface area contributed by atoms with Crippen LogP contribution in [-0.2, 0) is 16.0 Å². The highest BCUT2D eigenvalue weighted by Crippen LogP contribution is 2.15.